The highest BCUT2D eigenvalue weighted by Crippen LogP contribution is 2.29. The average molecular weight is 424 g/mol. The van der Waals surface area contributed by atoms with Crippen LogP contribution in [0.25, 0.3) is 0 Å². The number of carbonyl (C=O) groups is 2. The zero-order valence-electron chi connectivity index (χ0n) is 16.5. The van der Waals surface area contributed by atoms with Gasteiger partial charge in [0.25, 0.3) is 5.91 Å². The van der Waals surface area contributed by atoms with Crippen molar-refractivity contribution in [1.29, 1.82) is 0 Å². The molecule has 0 aromatic heterocycles. The first-order chi connectivity index (χ1) is 15.0. The third kappa shape index (κ3) is 5.96. The molecule has 0 heterocycles. The van der Waals surface area contributed by atoms with Crippen molar-refractivity contribution in [3.05, 3.63) is 95.1 Å². The van der Waals surface area contributed by atoms with E-state index in [9.17, 15) is 18.4 Å². The number of ether oxygens (including phenoxy) is 2. The van der Waals surface area contributed by atoms with Crippen LogP contribution < -0.4 is 14.9 Å². The lowest BCUT2D eigenvalue weighted by atomic mass is 10.2. The lowest BCUT2D eigenvalue weighted by Crippen LogP contribution is -2.17. The molecule has 1 N–H and O–H groups in total. The molecule has 0 saturated heterocycles. The van der Waals surface area contributed by atoms with Gasteiger partial charge in [-0.3, -0.25) is 4.79 Å². The summed E-state index contributed by atoms with van der Waals surface area (Å²) in [7, 11) is 0. The van der Waals surface area contributed by atoms with Crippen LogP contribution in [-0.2, 0) is 0 Å². The van der Waals surface area contributed by atoms with Gasteiger partial charge in [-0.2, -0.15) is 5.10 Å². The van der Waals surface area contributed by atoms with Crippen LogP contribution >= 0.6 is 0 Å². The number of hydrogen-bond donors (Lipinski definition) is 1. The van der Waals surface area contributed by atoms with Gasteiger partial charge in [0.2, 0.25) is 0 Å². The van der Waals surface area contributed by atoms with Gasteiger partial charge in [-0.15, -0.1) is 0 Å². The smallest absolute Gasteiger partial charge is 0.343 e. The average Bonchev–Trinajstić information content (AvgIpc) is 2.76. The molecule has 8 heteroatoms. The fourth-order valence-electron chi connectivity index (χ4n) is 2.53. The normalized spacial score (nSPS) is 10.7. The molecular formula is C23H18F2N2O4. The van der Waals surface area contributed by atoms with E-state index < -0.39 is 23.5 Å². The quantitative estimate of drug-likeness (QED) is 0.265. The fourth-order valence-corrected chi connectivity index (χ4v) is 2.53. The van der Waals surface area contributed by atoms with E-state index >= 15 is 0 Å². The Morgan fingerprint density at radius 1 is 0.903 bits per heavy atom. The van der Waals surface area contributed by atoms with Gasteiger partial charge in [0, 0.05) is 5.56 Å². The van der Waals surface area contributed by atoms with Crippen molar-refractivity contribution < 1.29 is 27.8 Å². The molecule has 0 atom stereocenters. The maximum Gasteiger partial charge on any atom is 0.343 e. The summed E-state index contributed by atoms with van der Waals surface area (Å²) in [6.07, 6.45) is 1.38. The number of nitrogens with zero attached hydrogens (tertiary/aromatic N) is 1. The molecule has 1 amide bonds. The molecule has 0 fully saturated rings. The number of amides is 1. The zero-order valence-corrected chi connectivity index (χ0v) is 16.5. The van der Waals surface area contributed by atoms with Crippen molar-refractivity contribution in [1.82, 2.24) is 5.43 Å². The summed E-state index contributed by atoms with van der Waals surface area (Å²) in [6, 6.07) is 14.8. The van der Waals surface area contributed by atoms with Crippen LogP contribution in [0.1, 0.15) is 33.2 Å². The minimum Gasteiger partial charge on any atom is -0.490 e. The maximum absolute atomic E-state index is 13.0. The Morgan fingerprint density at radius 3 is 2.13 bits per heavy atom. The molecule has 0 saturated carbocycles. The highest BCUT2D eigenvalue weighted by Gasteiger charge is 2.13. The summed E-state index contributed by atoms with van der Waals surface area (Å²) in [5.41, 5.74) is 3.37. The number of nitrogens with one attached hydrogen (secondary N) is 1. The molecule has 0 bridgehead atoms. The van der Waals surface area contributed by atoms with Crippen molar-refractivity contribution >= 4 is 18.1 Å². The molecule has 0 aliphatic heterocycles. The van der Waals surface area contributed by atoms with E-state index in [1.165, 1.54) is 60.8 Å². The van der Waals surface area contributed by atoms with Crippen LogP contribution in [0.3, 0.4) is 0 Å². The summed E-state index contributed by atoms with van der Waals surface area (Å²) < 4.78 is 36.8. The van der Waals surface area contributed by atoms with Gasteiger partial charge in [-0.05, 0) is 79.2 Å². The number of rotatable bonds is 7. The predicted octanol–water partition coefficient (Wildman–Crippen LogP) is 4.35. The topological polar surface area (TPSA) is 77.0 Å². The lowest BCUT2D eigenvalue weighted by molar-refractivity contribution is 0.0728. The summed E-state index contributed by atoms with van der Waals surface area (Å²) in [5, 5.41) is 3.87. The Labute approximate surface area is 177 Å². The van der Waals surface area contributed by atoms with Crippen LogP contribution in [0.5, 0.6) is 11.5 Å². The molecule has 0 unspecified atom stereocenters. The van der Waals surface area contributed by atoms with Crippen molar-refractivity contribution in [2.75, 3.05) is 6.61 Å². The van der Waals surface area contributed by atoms with Crippen LogP contribution in [0.4, 0.5) is 8.78 Å². The second kappa shape index (κ2) is 10.1. The first-order valence-corrected chi connectivity index (χ1v) is 9.30. The summed E-state index contributed by atoms with van der Waals surface area (Å²) in [5.74, 6) is -1.57. The molecule has 3 aromatic rings. The molecule has 0 radical (unpaired) electrons. The Bertz CT molecular complexity index is 1100. The molecule has 3 rings (SSSR count). The van der Waals surface area contributed by atoms with Gasteiger partial charge in [0.1, 0.15) is 11.6 Å². The SMILES string of the molecule is CCOc1cc(C=NNC(=O)c2ccc(F)cc2)ccc1OC(=O)c1ccc(F)cc1. The molecule has 0 aliphatic carbocycles. The summed E-state index contributed by atoms with van der Waals surface area (Å²) in [6.45, 7) is 2.10. The number of hydrazone groups is 1. The van der Waals surface area contributed by atoms with Gasteiger partial charge >= 0.3 is 5.97 Å². The van der Waals surface area contributed by atoms with Crippen LogP contribution in [0.15, 0.2) is 71.8 Å². The largest absolute Gasteiger partial charge is 0.490 e. The van der Waals surface area contributed by atoms with E-state index in [2.05, 4.69) is 10.5 Å². The lowest BCUT2D eigenvalue weighted by Gasteiger charge is -2.11. The van der Waals surface area contributed by atoms with Crippen molar-refractivity contribution in [3.8, 4) is 11.5 Å². The van der Waals surface area contributed by atoms with Crippen molar-refractivity contribution in [2.45, 2.75) is 6.92 Å². The van der Waals surface area contributed by atoms with Crippen LogP contribution in [0.2, 0.25) is 0 Å². The third-order valence-electron chi connectivity index (χ3n) is 4.04. The Kier molecular flexibility index (Phi) is 7.05. The third-order valence-corrected chi connectivity index (χ3v) is 4.04. The molecule has 3 aromatic carbocycles. The van der Waals surface area contributed by atoms with E-state index in [0.29, 0.717) is 17.9 Å². The highest BCUT2D eigenvalue weighted by molar-refractivity contribution is 5.95. The van der Waals surface area contributed by atoms with Gasteiger partial charge < -0.3 is 9.47 Å². The first kappa shape index (κ1) is 21.6. The molecular weight excluding hydrogens is 406 g/mol. The molecule has 31 heavy (non-hydrogen) atoms. The number of halogens is 2. The molecule has 6 nitrogen and oxygen atoms in total. The van der Waals surface area contributed by atoms with E-state index in [0.717, 1.165) is 0 Å². The number of carbonyl (C=O) groups excluding carboxylic acids is 2. The predicted molar refractivity (Wildman–Crippen MR) is 110 cm³/mol. The van der Waals surface area contributed by atoms with E-state index in [-0.39, 0.29) is 16.9 Å². The number of benzene rings is 3. The van der Waals surface area contributed by atoms with Gasteiger partial charge in [0.15, 0.2) is 11.5 Å². The van der Waals surface area contributed by atoms with Gasteiger partial charge in [0.05, 0.1) is 18.4 Å². The van der Waals surface area contributed by atoms with E-state index in [1.807, 2.05) is 0 Å². The zero-order chi connectivity index (χ0) is 22.2. The minimum atomic E-state index is -0.658. The Morgan fingerprint density at radius 2 is 1.52 bits per heavy atom. The van der Waals surface area contributed by atoms with Gasteiger partial charge in [-0.25, -0.2) is 19.0 Å². The number of hydrogen-bond acceptors (Lipinski definition) is 5. The highest BCUT2D eigenvalue weighted by atomic mass is 19.1. The molecule has 0 aliphatic rings. The fraction of sp³-hybridized carbons (Fsp3) is 0.0870. The summed E-state index contributed by atoms with van der Waals surface area (Å²) >= 11 is 0. The minimum absolute atomic E-state index is 0.184. The number of esters is 1. The van der Waals surface area contributed by atoms with E-state index in [1.54, 1.807) is 19.1 Å². The van der Waals surface area contributed by atoms with Crippen LogP contribution in [0, 0.1) is 11.6 Å². The monoisotopic (exact) mass is 424 g/mol. The van der Waals surface area contributed by atoms with Crippen LogP contribution in [-0.4, -0.2) is 24.7 Å². The summed E-state index contributed by atoms with van der Waals surface area (Å²) in [4.78, 5) is 24.3. The second-order valence-electron chi connectivity index (χ2n) is 6.24. The molecule has 0 spiro atoms. The first-order valence-electron chi connectivity index (χ1n) is 9.30. The maximum atomic E-state index is 13.0. The Balaban J connectivity index is 1.69. The second-order valence-corrected chi connectivity index (χ2v) is 6.24. The van der Waals surface area contributed by atoms with Crippen molar-refractivity contribution in [3.63, 3.8) is 0 Å². The van der Waals surface area contributed by atoms with E-state index in [4.69, 9.17) is 9.47 Å². The van der Waals surface area contributed by atoms with Gasteiger partial charge in [-0.1, -0.05) is 0 Å². The van der Waals surface area contributed by atoms with Crippen molar-refractivity contribution in [2.24, 2.45) is 5.10 Å². The Hall–Kier alpha value is -4.07. The molecule has 158 valence electrons. The standard InChI is InChI=1S/C23H18F2N2O4/c1-2-30-21-13-15(14-26-27-22(28)16-4-8-18(24)9-5-16)3-12-20(21)31-23(29)17-6-10-19(25)11-7-17/h3-14H,2H2,1H3,(H,27,28).